The van der Waals surface area contributed by atoms with Crippen molar-refractivity contribution >= 4 is 33.3 Å². The predicted molar refractivity (Wildman–Crippen MR) is 68.6 cm³/mol. The van der Waals surface area contributed by atoms with Gasteiger partial charge in [-0.3, -0.25) is 0 Å². The van der Waals surface area contributed by atoms with E-state index in [1.54, 1.807) is 23.1 Å². The Morgan fingerprint density at radius 3 is 2.73 bits per heavy atom. The lowest BCUT2D eigenvalue weighted by molar-refractivity contribution is 0.730. The van der Waals surface area contributed by atoms with Crippen LogP contribution in [0.4, 0.5) is 0 Å². The van der Waals surface area contributed by atoms with E-state index >= 15 is 0 Å². The van der Waals surface area contributed by atoms with Gasteiger partial charge in [-0.2, -0.15) is 0 Å². The minimum atomic E-state index is 0.196. The Kier molecular flexibility index (Phi) is 3.29. The van der Waals surface area contributed by atoms with Gasteiger partial charge in [0.05, 0.1) is 10.2 Å². The van der Waals surface area contributed by atoms with Crippen LogP contribution in [-0.4, -0.2) is 16.3 Å². The lowest BCUT2D eigenvalue weighted by atomic mass is 10.3. The molecule has 2 unspecified atom stereocenters. The first-order chi connectivity index (χ1) is 7.16. The van der Waals surface area contributed by atoms with E-state index in [1.807, 2.05) is 25.1 Å². The summed E-state index contributed by atoms with van der Waals surface area (Å²) in [6.07, 6.45) is 0. The van der Waals surface area contributed by atoms with Crippen LogP contribution in [0.3, 0.4) is 0 Å². The summed E-state index contributed by atoms with van der Waals surface area (Å²) >= 11 is 3.50. The number of thiazole rings is 1. The first kappa shape index (κ1) is 10.9. The van der Waals surface area contributed by atoms with Crippen molar-refractivity contribution in [3.05, 3.63) is 24.3 Å². The molecule has 0 saturated carbocycles. The summed E-state index contributed by atoms with van der Waals surface area (Å²) in [6, 6.07) is 8.41. The number of nitrogens with two attached hydrogens (primary N) is 1. The second-order valence-corrected chi connectivity index (χ2v) is 6.28. The van der Waals surface area contributed by atoms with Crippen LogP contribution in [0.25, 0.3) is 10.2 Å². The maximum absolute atomic E-state index is 5.83. The molecule has 15 heavy (non-hydrogen) atoms. The zero-order valence-corrected chi connectivity index (χ0v) is 10.4. The third-order valence-corrected chi connectivity index (χ3v) is 4.77. The van der Waals surface area contributed by atoms with Gasteiger partial charge in [0.15, 0.2) is 4.34 Å². The summed E-state index contributed by atoms with van der Waals surface area (Å²) < 4.78 is 2.36. The van der Waals surface area contributed by atoms with Crippen molar-refractivity contribution in [2.75, 3.05) is 0 Å². The zero-order chi connectivity index (χ0) is 10.8. The molecule has 0 radical (unpaired) electrons. The van der Waals surface area contributed by atoms with Crippen LogP contribution in [0.15, 0.2) is 28.6 Å². The van der Waals surface area contributed by atoms with Gasteiger partial charge in [0.1, 0.15) is 0 Å². The maximum atomic E-state index is 5.83. The van der Waals surface area contributed by atoms with Crippen LogP contribution in [0.5, 0.6) is 0 Å². The molecular formula is C11H14N2S2. The highest BCUT2D eigenvalue weighted by Gasteiger charge is 2.12. The molecule has 1 aromatic carbocycles. The van der Waals surface area contributed by atoms with Crippen LogP contribution in [0, 0.1) is 0 Å². The highest BCUT2D eigenvalue weighted by atomic mass is 32.2. The minimum Gasteiger partial charge on any atom is -0.327 e. The summed E-state index contributed by atoms with van der Waals surface area (Å²) in [4.78, 5) is 4.56. The highest BCUT2D eigenvalue weighted by molar-refractivity contribution is 8.01. The smallest absolute Gasteiger partial charge is 0.151 e. The Morgan fingerprint density at radius 2 is 2.07 bits per heavy atom. The molecule has 0 aliphatic heterocycles. The average Bonchev–Trinajstić information content (AvgIpc) is 2.59. The summed E-state index contributed by atoms with van der Waals surface area (Å²) in [5.41, 5.74) is 6.92. The van der Waals surface area contributed by atoms with E-state index in [2.05, 4.69) is 18.0 Å². The van der Waals surface area contributed by atoms with Crippen LogP contribution in [0.1, 0.15) is 13.8 Å². The highest BCUT2D eigenvalue weighted by Crippen LogP contribution is 2.32. The SMILES string of the molecule is CC(N)C(C)Sc1nc2ccccc2s1. The number of benzene rings is 1. The molecule has 2 atom stereocenters. The lowest BCUT2D eigenvalue weighted by Crippen LogP contribution is -2.26. The monoisotopic (exact) mass is 238 g/mol. The van der Waals surface area contributed by atoms with E-state index in [9.17, 15) is 0 Å². The summed E-state index contributed by atoms with van der Waals surface area (Å²) in [6.45, 7) is 4.17. The molecule has 0 amide bonds. The van der Waals surface area contributed by atoms with E-state index in [0.29, 0.717) is 5.25 Å². The average molecular weight is 238 g/mol. The largest absolute Gasteiger partial charge is 0.327 e. The lowest BCUT2D eigenvalue weighted by Gasteiger charge is -2.12. The van der Waals surface area contributed by atoms with E-state index < -0.39 is 0 Å². The Bertz CT molecular complexity index is 418. The van der Waals surface area contributed by atoms with Crippen molar-refractivity contribution in [2.24, 2.45) is 5.73 Å². The topological polar surface area (TPSA) is 38.9 Å². The van der Waals surface area contributed by atoms with Crippen LogP contribution in [-0.2, 0) is 0 Å². The Hall–Kier alpha value is -0.580. The quantitative estimate of drug-likeness (QED) is 0.835. The fraction of sp³-hybridized carbons (Fsp3) is 0.364. The molecular weight excluding hydrogens is 224 g/mol. The second kappa shape index (κ2) is 4.51. The molecule has 4 heteroatoms. The third-order valence-electron chi connectivity index (χ3n) is 2.30. The number of hydrogen-bond donors (Lipinski definition) is 1. The van der Waals surface area contributed by atoms with Crippen LogP contribution in [0.2, 0.25) is 0 Å². The Morgan fingerprint density at radius 1 is 1.33 bits per heavy atom. The molecule has 2 aromatic rings. The molecule has 80 valence electrons. The fourth-order valence-electron chi connectivity index (χ4n) is 1.17. The van der Waals surface area contributed by atoms with Crippen molar-refractivity contribution in [1.29, 1.82) is 0 Å². The van der Waals surface area contributed by atoms with Gasteiger partial charge in [-0.1, -0.05) is 30.8 Å². The van der Waals surface area contributed by atoms with Gasteiger partial charge in [-0.25, -0.2) is 4.98 Å². The Balaban J connectivity index is 2.22. The molecule has 2 nitrogen and oxygen atoms in total. The fourth-order valence-corrected chi connectivity index (χ4v) is 3.47. The van der Waals surface area contributed by atoms with Gasteiger partial charge in [0.25, 0.3) is 0 Å². The number of nitrogens with zero attached hydrogens (tertiary/aromatic N) is 1. The molecule has 2 N–H and O–H groups in total. The molecule has 1 heterocycles. The van der Waals surface area contributed by atoms with Crippen molar-refractivity contribution < 1.29 is 0 Å². The normalized spacial score (nSPS) is 15.4. The molecule has 0 aliphatic rings. The second-order valence-electron chi connectivity index (χ2n) is 3.63. The van der Waals surface area contributed by atoms with E-state index in [4.69, 9.17) is 5.73 Å². The summed E-state index contributed by atoms with van der Waals surface area (Å²) in [5.74, 6) is 0. The van der Waals surface area contributed by atoms with Gasteiger partial charge in [-0.15, -0.1) is 11.3 Å². The number of aromatic nitrogens is 1. The van der Waals surface area contributed by atoms with Crippen LogP contribution >= 0.6 is 23.1 Å². The molecule has 1 aromatic heterocycles. The van der Waals surface area contributed by atoms with Gasteiger partial charge < -0.3 is 5.73 Å². The van der Waals surface area contributed by atoms with E-state index in [-0.39, 0.29) is 6.04 Å². The molecule has 0 bridgehead atoms. The van der Waals surface area contributed by atoms with E-state index in [1.165, 1.54) is 4.70 Å². The number of hydrogen-bond acceptors (Lipinski definition) is 4. The van der Waals surface area contributed by atoms with Gasteiger partial charge in [0, 0.05) is 11.3 Å². The molecule has 2 rings (SSSR count). The molecule has 0 fully saturated rings. The van der Waals surface area contributed by atoms with Crippen molar-refractivity contribution in [3.63, 3.8) is 0 Å². The predicted octanol–water partition coefficient (Wildman–Crippen LogP) is 3.12. The molecule has 0 aliphatic carbocycles. The standard InChI is InChI=1S/C11H14N2S2/c1-7(12)8(2)14-11-13-9-5-3-4-6-10(9)15-11/h3-8H,12H2,1-2H3. The number of fused-ring (bicyclic) bond motifs is 1. The summed E-state index contributed by atoms with van der Waals surface area (Å²) in [7, 11) is 0. The van der Waals surface area contributed by atoms with Crippen molar-refractivity contribution in [2.45, 2.75) is 29.5 Å². The zero-order valence-electron chi connectivity index (χ0n) is 8.81. The third kappa shape index (κ3) is 2.51. The number of rotatable bonds is 3. The van der Waals surface area contributed by atoms with Gasteiger partial charge in [0.2, 0.25) is 0 Å². The van der Waals surface area contributed by atoms with Gasteiger partial charge >= 0.3 is 0 Å². The minimum absolute atomic E-state index is 0.196. The Labute approximate surface area is 97.9 Å². The maximum Gasteiger partial charge on any atom is 0.151 e. The number of para-hydroxylation sites is 1. The molecule has 0 saturated heterocycles. The van der Waals surface area contributed by atoms with Crippen molar-refractivity contribution in [3.8, 4) is 0 Å². The van der Waals surface area contributed by atoms with Crippen molar-refractivity contribution in [1.82, 2.24) is 4.98 Å². The summed E-state index contributed by atoms with van der Waals surface area (Å²) in [5, 5.41) is 0.408. The van der Waals surface area contributed by atoms with Gasteiger partial charge in [-0.05, 0) is 19.1 Å². The van der Waals surface area contributed by atoms with E-state index in [0.717, 1.165) is 9.86 Å². The first-order valence-electron chi connectivity index (χ1n) is 4.94. The number of thioether (sulfide) groups is 1. The van der Waals surface area contributed by atoms with Crippen LogP contribution < -0.4 is 5.73 Å². The first-order valence-corrected chi connectivity index (χ1v) is 6.64. The molecule has 0 spiro atoms.